The summed E-state index contributed by atoms with van der Waals surface area (Å²) in [5, 5.41) is 13.3. The summed E-state index contributed by atoms with van der Waals surface area (Å²) in [6.45, 7) is 2.16. The van der Waals surface area contributed by atoms with Gasteiger partial charge in [-0.1, -0.05) is 23.7 Å². The minimum absolute atomic E-state index is 0.0945. The third-order valence-corrected chi connectivity index (χ3v) is 3.16. The maximum absolute atomic E-state index is 13.6. The first-order valence-electron chi connectivity index (χ1n) is 5.90. The maximum atomic E-state index is 13.6. The zero-order valence-electron chi connectivity index (χ0n) is 10.5. The number of hydrogen-bond donors (Lipinski definition) is 2. The fourth-order valence-electron chi connectivity index (χ4n) is 1.80. The van der Waals surface area contributed by atoms with Crippen LogP contribution in [0.5, 0.6) is 0 Å². The number of aliphatic hydroxyl groups is 1. The van der Waals surface area contributed by atoms with Crippen LogP contribution in [0.15, 0.2) is 41.0 Å². The number of halogens is 2. The van der Waals surface area contributed by atoms with E-state index in [0.717, 1.165) is 0 Å². The Morgan fingerprint density at radius 2 is 2.16 bits per heavy atom. The van der Waals surface area contributed by atoms with Crippen LogP contribution in [0.25, 0.3) is 0 Å². The van der Waals surface area contributed by atoms with E-state index in [1.807, 2.05) is 0 Å². The van der Waals surface area contributed by atoms with Gasteiger partial charge in [0.1, 0.15) is 17.2 Å². The summed E-state index contributed by atoms with van der Waals surface area (Å²) in [6.07, 6.45) is 1.50. The lowest BCUT2D eigenvalue weighted by molar-refractivity contribution is 0.0340. The first-order valence-corrected chi connectivity index (χ1v) is 6.28. The SMILES string of the molecule is CC(O)(CNCc1cccc(Cl)c1F)c1ccco1. The molecule has 0 aliphatic carbocycles. The summed E-state index contributed by atoms with van der Waals surface area (Å²) in [4.78, 5) is 0. The quantitative estimate of drug-likeness (QED) is 0.886. The standard InChI is InChI=1S/C14H15ClFNO2/c1-14(18,12-6-3-7-19-12)9-17-8-10-4-2-5-11(15)13(10)16/h2-7,17-18H,8-9H2,1H3. The van der Waals surface area contributed by atoms with Crippen molar-refractivity contribution in [3.63, 3.8) is 0 Å². The van der Waals surface area contributed by atoms with E-state index >= 15 is 0 Å². The highest BCUT2D eigenvalue weighted by Crippen LogP contribution is 2.21. The van der Waals surface area contributed by atoms with Crippen LogP contribution in [0.2, 0.25) is 5.02 Å². The second-order valence-corrected chi connectivity index (χ2v) is 4.97. The molecule has 1 unspecified atom stereocenters. The third-order valence-electron chi connectivity index (χ3n) is 2.87. The molecule has 0 radical (unpaired) electrons. The second-order valence-electron chi connectivity index (χ2n) is 4.57. The van der Waals surface area contributed by atoms with Crippen molar-refractivity contribution in [1.29, 1.82) is 0 Å². The Balaban J connectivity index is 1.95. The van der Waals surface area contributed by atoms with Crippen molar-refractivity contribution in [2.45, 2.75) is 19.1 Å². The average Bonchev–Trinajstić information content (AvgIpc) is 2.89. The Hall–Kier alpha value is -1.36. The molecule has 5 heteroatoms. The van der Waals surface area contributed by atoms with Gasteiger partial charge in [0.25, 0.3) is 0 Å². The molecule has 1 atom stereocenters. The van der Waals surface area contributed by atoms with E-state index in [2.05, 4.69) is 5.32 Å². The summed E-state index contributed by atoms with van der Waals surface area (Å²) in [7, 11) is 0. The van der Waals surface area contributed by atoms with Crippen LogP contribution in [-0.2, 0) is 12.1 Å². The first-order chi connectivity index (χ1) is 9.00. The summed E-state index contributed by atoms with van der Waals surface area (Å²) in [5.41, 5.74) is -0.679. The monoisotopic (exact) mass is 283 g/mol. The van der Waals surface area contributed by atoms with Crippen LogP contribution in [0.3, 0.4) is 0 Å². The maximum Gasteiger partial charge on any atom is 0.146 e. The largest absolute Gasteiger partial charge is 0.466 e. The minimum Gasteiger partial charge on any atom is -0.466 e. The molecular weight excluding hydrogens is 269 g/mol. The summed E-state index contributed by atoms with van der Waals surface area (Å²) >= 11 is 5.70. The van der Waals surface area contributed by atoms with Crippen molar-refractivity contribution >= 4 is 11.6 Å². The Morgan fingerprint density at radius 1 is 1.37 bits per heavy atom. The normalized spacial score (nSPS) is 14.3. The zero-order chi connectivity index (χ0) is 13.9. The molecule has 0 aliphatic heterocycles. The molecule has 102 valence electrons. The molecule has 0 saturated carbocycles. The lowest BCUT2D eigenvalue weighted by Gasteiger charge is -2.21. The van der Waals surface area contributed by atoms with Gasteiger partial charge >= 0.3 is 0 Å². The number of hydrogen-bond acceptors (Lipinski definition) is 3. The molecule has 1 heterocycles. The molecule has 2 aromatic rings. The molecule has 0 bridgehead atoms. The van der Waals surface area contributed by atoms with Crippen molar-refractivity contribution in [2.75, 3.05) is 6.54 Å². The molecule has 0 amide bonds. The van der Waals surface area contributed by atoms with Crippen LogP contribution < -0.4 is 5.32 Å². The molecule has 19 heavy (non-hydrogen) atoms. The van der Waals surface area contributed by atoms with Gasteiger partial charge in [0.15, 0.2) is 0 Å². The summed E-state index contributed by atoms with van der Waals surface area (Å²) in [5.74, 6) is 0.0286. The molecule has 0 spiro atoms. The predicted molar refractivity (Wildman–Crippen MR) is 71.4 cm³/mol. The van der Waals surface area contributed by atoms with Crippen LogP contribution >= 0.6 is 11.6 Å². The van der Waals surface area contributed by atoms with Crippen LogP contribution in [0.4, 0.5) is 4.39 Å². The van der Waals surface area contributed by atoms with Gasteiger partial charge in [0.2, 0.25) is 0 Å². The Bertz CT molecular complexity index is 540. The second kappa shape index (κ2) is 5.74. The van der Waals surface area contributed by atoms with Gasteiger partial charge in [0, 0.05) is 18.7 Å². The average molecular weight is 284 g/mol. The van der Waals surface area contributed by atoms with E-state index in [-0.39, 0.29) is 18.1 Å². The fraction of sp³-hybridized carbons (Fsp3) is 0.286. The molecule has 3 nitrogen and oxygen atoms in total. The van der Waals surface area contributed by atoms with Crippen molar-refractivity contribution in [2.24, 2.45) is 0 Å². The fourth-order valence-corrected chi connectivity index (χ4v) is 1.99. The van der Waals surface area contributed by atoms with Gasteiger partial charge in [-0.05, 0) is 25.1 Å². The van der Waals surface area contributed by atoms with E-state index < -0.39 is 11.4 Å². The topological polar surface area (TPSA) is 45.4 Å². The van der Waals surface area contributed by atoms with Gasteiger partial charge in [-0.25, -0.2) is 4.39 Å². The van der Waals surface area contributed by atoms with E-state index in [0.29, 0.717) is 11.3 Å². The van der Waals surface area contributed by atoms with Crippen molar-refractivity contribution in [3.8, 4) is 0 Å². The third kappa shape index (κ3) is 3.35. The highest BCUT2D eigenvalue weighted by atomic mass is 35.5. The molecular formula is C14H15ClFNO2. The van der Waals surface area contributed by atoms with Gasteiger partial charge in [0.05, 0.1) is 11.3 Å². The van der Waals surface area contributed by atoms with Crippen molar-refractivity contribution in [3.05, 3.63) is 58.8 Å². The number of nitrogens with one attached hydrogen (secondary N) is 1. The highest BCUT2D eigenvalue weighted by molar-refractivity contribution is 6.30. The smallest absolute Gasteiger partial charge is 0.146 e. The lowest BCUT2D eigenvalue weighted by atomic mass is 10.0. The van der Waals surface area contributed by atoms with Crippen LogP contribution in [0.1, 0.15) is 18.2 Å². The van der Waals surface area contributed by atoms with Gasteiger partial charge in [-0.15, -0.1) is 0 Å². The molecule has 1 aromatic carbocycles. The van der Waals surface area contributed by atoms with Crippen LogP contribution in [0, 0.1) is 5.82 Å². The van der Waals surface area contributed by atoms with E-state index in [9.17, 15) is 9.50 Å². The molecule has 2 rings (SSSR count). The van der Waals surface area contributed by atoms with Crippen molar-refractivity contribution < 1.29 is 13.9 Å². The van der Waals surface area contributed by atoms with Gasteiger partial charge in [-0.2, -0.15) is 0 Å². The Labute approximate surface area is 116 Å². The molecule has 2 N–H and O–H groups in total. The molecule has 0 saturated heterocycles. The molecule has 1 aromatic heterocycles. The first kappa shape index (κ1) is 14.1. The molecule has 0 aliphatic rings. The van der Waals surface area contributed by atoms with E-state index in [1.54, 1.807) is 31.2 Å². The van der Waals surface area contributed by atoms with Crippen molar-refractivity contribution in [1.82, 2.24) is 5.32 Å². The highest BCUT2D eigenvalue weighted by Gasteiger charge is 2.25. The summed E-state index contributed by atoms with van der Waals surface area (Å²) in [6, 6.07) is 8.24. The van der Waals surface area contributed by atoms with Crippen LogP contribution in [-0.4, -0.2) is 11.7 Å². The number of rotatable bonds is 5. The number of benzene rings is 1. The van der Waals surface area contributed by atoms with Gasteiger partial charge in [-0.3, -0.25) is 0 Å². The Kier molecular flexibility index (Phi) is 4.24. The Morgan fingerprint density at radius 3 is 2.84 bits per heavy atom. The van der Waals surface area contributed by atoms with Gasteiger partial charge < -0.3 is 14.8 Å². The molecule has 0 fully saturated rings. The predicted octanol–water partition coefficient (Wildman–Crippen LogP) is 3.07. The summed E-state index contributed by atoms with van der Waals surface area (Å²) < 4.78 is 18.8. The number of furan rings is 1. The van der Waals surface area contributed by atoms with E-state index in [4.69, 9.17) is 16.0 Å². The van der Waals surface area contributed by atoms with E-state index in [1.165, 1.54) is 12.3 Å². The zero-order valence-corrected chi connectivity index (χ0v) is 11.2. The minimum atomic E-state index is -1.14. The lowest BCUT2D eigenvalue weighted by Crippen LogP contribution is -2.34.